The van der Waals surface area contributed by atoms with Crippen LogP contribution in [0.5, 0.6) is 5.88 Å². The van der Waals surface area contributed by atoms with Crippen LogP contribution in [0.25, 0.3) is 0 Å². The maximum Gasteiger partial charge on any atom is 0.237 e. The summed E-state index contributed by atoms with van der Waals surface area (Å²) >= 11 is 0. The first-order valence-electron chi connectivity index (χ1n) is 6.32. The average Bonchev–Trinajstić information content (AvgIpc) is 2.39. The molecule has 0 radical (unpaired) electrons. The van der Waals surface area contributed by atoms with Crippen LogP contribution in [0.3, 0.4) is 0 Å². The Morgan fingerprint density at radius 1 is 1.29 bits per heavy atom. The van der Waals surface area contributed by atoms with Gasteiger partial charge in [0.15, 0.2) is 0 Å². The number of hydrogen-bond donors (Lipinski definition) is 1. The highest BCUT2D eigenvalue weighted by atomic mass is 16.5. The lowest BCUT2D eigenvalue weighted by atomic mass is 9.96. The van der Waals surface area contributed by atoms with Gasteiger partial charge in [0.25, 0.3) is 0 Å². The monoisotopic (exact) mass is 237 g/mol. The molecule has 0 aliphatic carbocycles. The zero-order valence-corrected chi connectivity index (χ0v) is 11.2. The molecule has 0 saturated heterocycles. The minimum Gasteiger partial charge on any atom is -0.480 e. The zero-order valence-electron chi connectivity index (χ0n) is 11.2. The fourth-order valence-corrected chi connectivity index (χ4v) is 1.81. The third-order valence-corrected chi connectivity index (χ3v) is 3.01. The molecule has 1 aromatic rings. The van der Waals surface area contributed by atoms with E-state index in [0.717, 1.165) is 25.1 Å². The lowest BCUT2D eigenvalue weighted by Crippen LogP contribution is -2.29. The van der Waals surface area contributed by atoms with Crippen molar-refractivity contribution in [1.82, 2.24) is 15.3 Å². The number of rotatable bonds is 7. The van der Waals surface area contributed by atoms with Crippen LogP contribution in [0, 0.1) is 5.92 Å². The summed E-state index contributed by atoms with van der Waals surface area (Å²) in [4.78, 5) is 8.64. The number of nitrogens with zero attached hydrogens (tertiary/aromatic N) is 2. The van der Waals surface area contributed by atoms with Gasteiger partial charge in [0.05, 0.1) is 13.2 Å². The molecule has 2 unspecified atom stereocenters. The van der Waals surface area contributed by atoms with E-state index in [1.807, 2.05) is 0 Å². The minimum atomic E-state index is 0.212. The molecule has 0 aromatic carbocycles. The summed E-state index contributed by atoms with van der Waals surface area (Å²) in [5.74, 6) is 1.13. The molecule has 0 spiro atoms. The fourth-order valence-electron chi connectivity index (χ4n) is 1.81. The Labute approximate surface area is 104 Å². The summed E-state index contributed by atoms with van der Waals surface area (Å²) in [7, 11) is 1.64. The minimum absolute atomic E-state index is 0.212. The lowest BCUT2D eigenvalue weighted by Gasteiger charge is -2.24. The van der Waals surface area contributed by atoms with Crippen LogP contribution in [0.15, 0.2) is 12.4 Å². The van der Waals surface area contributed by atoms with E-state index in [1.54, 1.807) is 19.5 Å². The molecule has 17 heavy (non-hydrogen) atoms. The van der Waals surface area contributed by atoms with Crippen molar-refractivity contribution in [2.45, 2.75) is 39.7 Å². The van der Waals surface area contributed by atoms with E-state index in [1.165, 1.54) is 0 Å². The third kappa shape index (κ3) is 3.66. The van der Waals surface area contributed by atoms with Crippen LogP contribution in [-0.4, -0.2) is 23.6 Å². The first kappa shape index (κ1) is 13.9. The predicted molar refractivity (Wildman–Crippen MR) is 69.1 cm³/mol. The summed E-state index contributed by atoms with van der Waals surface area (Å²) in [6.45, 7) is 7.55. The van der Waals surface area contributed by atoms with Crippen molar-refractivity contribution in [3.05, 3.63) is 18.1 Å². The second kappa shape index (κ2) is 7.22. The highest BCUT2D eigenvalue weighted by molar-refractivity contribution is 5.21. The molecule has 1 N–H and O–H groups in total. The molecule has 1 aromatic heterocycles. The van der Waals surface area contributed by atoms with Crippen molar-refractivity contribution in [2.24, 2.45) is 5.92 Å². The second-order valence-electron chi connectivity index (χ2n) is 4.27. The molecular weight excluding hydrogens is 214 g/mol. The van der Waals surface area contributed by atoms with Crippen LogP contribution >= 0.6 is 0 Å². The first-order valence-corrected chi connectivity index (χ1v) is 6.32. The molecule has 4 nitrogen and oxygen atoms in total. The molecule has 96 valence electrons. The molecule has 0 bridgehead atoms. The standard InChI is InChI=1S/C13H23N3O/c1-5-7-14-11(10(3)6-2)12-13(17-4)16-9-8-15-12/h8-11,14H,5-7H2,1-4H3. The predicted octanol–water partition coefficient (Wildman–Crippen LogP) is 2.57. The maximum atomic E-state index is 5.29. The van der Waals surface area contributed by atoms with E-state index in [-0.39, 0.29) is 6.04 Å². The highest BCUT2D eigenvalue weighted by Gasteiger charge is 2.22. The molecule has 1 heterocycles. The number of aromatic nitrogens is 2. The fraction of sp³-hybridized carbons (Fsp3) is 0.692. The molecule has 0 saturated carbocycles. The average molecular weight is 237 g/mol. The molecular formula is C13H23N3O. The van der Waals surface area contributed by atoms with E-state index >= 15 is 0 Å². The number of ether oxygens (including phenoxy) is 1. The van der Waals surface area contributed by atoms with Gasteiger partial charge in [-0.1, -0.05) is 27.2 Å². The SMILES string of the molecule is CCCNC(c1nccnc1OC)C(C)CC. The van der Waals surface area contributed by atoms with Gasteiger partial charge in [-0.25, -0.2) is 4.98 Å². The Balaban J connectivity index is 2.94. The lowest BCUT2D eigenvalue weighted by molar-refractivity contribution is 0.335. The molecule has 0 aliphatic rings. The van der Waals surface area contributed by atoms with Crippen LogP contribution in [0.1, 0.15) is 45.3 Å². The van der Waals surface area contributed by atoms with E-state index in [0.29, 0.717) is 11.8 Å². The molecule has 2 atom stereocenters. The van der Waals surface area contributed by atoms with Gasteiger partial charge in [0.2, 0.25) is 5.88 Å². The second-order valence-corrected chi connectivity index (χ2v) is 4.27. The van der Waals surface area contributed by atoms with Crippen LogP contribution < -0.4 is 10.1 Å². The van der Waals surface area contributed by atoms with E-state index < -0.39 is 0 Å². The highest BCUT2D eigenvalue weighted by Crippen LogP contribution is 2.27. The quantitative estimate of drug-likeness (QED) is 0.791. The van der Waals surface area contributed by atoms with Crippen LogP contribution in [0.4, 0.5) is 0 Å². The van der Waals surface area contributed by atoms with Gasteiger partial charge in [-0.3, -0.25) is 4.98 Å². The molecule has 0 aliphatic heterocycles. The van der Waals surface area contributed by atoms with Gasteiger partial charge in [-0.15, -0.1) is 0 Å². The van der Waals surface area contributed by atoms with Crippen molar-refractivity contribution >= 4 is 0 Å². The molecule has 1 rings (SSSR count). The summed E-state index contributed by atoms with van der Waals surface area (Å²) in [6, 6.07) is 0.212. The number of methoxy groups -OCH3 is 1. The Bertz CT molecular complexity index is 330. The third-order valence-electron chi connectivity index (χ3n) is 3.01. The zero-order chi connectivity index (χ0) is 12.7. The summed E-state index contributed by atoms with van der Waals surface area (Å²) in [5, 5.41) is 3.53. The summed E-state index contributed by atoms with van der Waals surface area (Å²) in [5.41, 5.74) is 0.915. The normalized spacial score (nSPS) is 14.4. The van der Waals surface area contributed by atoms with Gasteiger partial charge >= 0.3 is 0 Å². The van der Waals surface area contributed by atoms with Gasteiger partial charge in [-0.2, -0.15) is 0 Å². The van der Waals surface area contributed by atoms with E-state index in [2.05, 4.69) is 36.1 Å². The van der Waals surface area contributed by atoms with Crippen molar-refractivity contribution in [3.63, 3.8) is 0 Å². The first-order chi connectivity index (χ1) is 8.24. The largest absolute Gasteiger partial charge is 0.480 e. The van der Waals surface area contributed by atoms with Gasteiger partial charge in [0, 0.05) is 12.4 Å². The smallest absolute Gasteiger partial charge is 0.237 e. The van der Waals surface area contributed by atoms with Crippen molar-refractivity contribution in [2.75, 3.05) is 13.7 Å². The Kier molecular flexibility index (Phi) is 5.91. The molecule has 0 fully saturated rings. The van der Waals surface area contributed by atoms with Gasteiger partial charge in [0.1, 0.15) is 5.69 Å². The topological polar surface area (TPSA) is 47.0 Å². The maximum absolute atomic E-state index is 5.29. The summed E-state index contributed by atoms with van der Waals surface area (Å²) < 4.78 is 5.29. The number of hydrogen-bond acceptors (Lipinski definition) is 4. The Morgan fingerprint density at radius 3 is 2.59 bits per heavy atom. The van der Waals surface area contributed by atoms with Crippen molar-refractivity contribution in [1.29, 1.82) is 0 Å². The van der Waals surface area contributed by atoms with Crippen molar-refractivity contribution < 1.29 is 4.74 Å². The molecule has 0 amide bonds. The van der Waals surface area contributed by atoms with E-state index in [9.17, 15) is 0 Å². The molecule has 4 heteroatoms. The van der Waals surface area contributed by atoms with Crippen LogP contribution in [0.2, 0.25) is 0 Å². The Hall–Kier alpha value is -1.16. The van der Waals surface area contributed by atoms with Gasteiger partial charge < -0.3 is 10.1 Å². The number of nitrogens with one attached hydrogen (secondary N) is 1. The van der Waals surface area contributed by atoms with Crippen LogP contribution in [-0.2, 0) is 0 Å². The van der Waals surface area contributed by atoms with E-state index in [4.69, 9.17) is 4.74 Å². The van der Waals surface area contributed by atoms with Crippen molar-refractivity contribution in [3.8, 4) is 5.88 Å². The Morgan fingerprint density at radius 2 is 2.00 bits per heavy atom. The summed E-state index contributed by atoms with van der Waals surface area (Å²) in [6.07, 6.45) is 5.59. The van der Waals surface area contributed by atoms with Gasteiger partial charge in [-0.05, 0) is 18.9 Å².